The van der Waals surface area contributed by atoms with E-state index in [4.69, 9.17) is 16.7 Å². The highest BCUT2D eigenvalue weighted by atomic mass is 35.5. The van der Waals surface area contributed by atoms with Gasteiger partial charge in [-0.2, -0.15) is 0 Å². The average molecular weight is 241 g/mol. The summed E-state index contributed by atoms with van der Waals surface area (Å²) in [6.07, 6.45) is 3.27. The number of halogens is 1. The van der Waals surface area contributed by atoms with Crippen LogP contribution in [0.4, 0.5) is 5.82 Å². The molecule has 1 aliphatic heterocycles. The highest BCUT2D eigenvalue weighted by molar-refractivity contribution is 6.32. The van der Waals surface area contributed by atoms with Gasteiger partial charge in [-0.05, 0) is 25.0 Å². The summed E-state index contributed by atoms with van der Waals surface area (Å²) in [5, 5.41) is 9.57. The zero-order valence-electron chi connectivity index (χ0n) is 8.77. The van der Waals surface area contributed by atoms with E-state index in [0.29, 0.717) is 17.4 Å². The van der Waals surface area contributed by atoms with Gasteiger partial charge in [0.2, 0.25) is 0 Å². The molecule has 0 aromatic carbocycles. The maximum absolute atomic E-state index is 10.9. The fraction of sp³-hybridized carbons (Fsp3) is 0.455. The van der Waals surface area contributed by atoms with Crippen molar-refractivity contribution in [3.05, 3.63) is 23.4 Å². The van der Waals surface area contributed by atoms with Gasteiger partial charge < -0.3 is 10.0 Å². The normalized spacial score (nSPS) is 20.8. The molecule has 1 aromatic heterocycles. The van der Waals surface area contributed by atoms with E-state index in [-0.39, 0.29) is 5.92 Å². The third-order valence-corrected chi connectivity index (χ3v) is 3.10. The minimum atomic E-state index is -0.739. The van der Waals surface area contributed by atoms with Crippen molar-refractivity contribution in [2.45, 2.75) is 12.8 Å². The molecular formula is C11H13ClN2O2. The monoisotopic (exact) mass is 240 g/mol. The Hall–Kier alpha value is -1.29. The molecule has 0 bridgehead atoms. The molecule has 0 saturated carbocycles. The lowest BCUT2D eigenvalue weighted by Crippen LogP contribution is -2.39. The molecule has 0 unspecified atom stereocenters. The van der Waals surface area contributed by atoms with Crippen molar-refractivity contribution in [2.75, 3.05) is 18.0 Å². The number of hydrogen-bond donors (Lipinski definition) is 1. The van der Waals surface area contributed by atoms with Crippen LogP contribution in [0.3, 0.4) is 0 Å². The van der Waals surface area contributed by atoms with Crippen LogP contribution in [0.5, 0.6) is 0 Å². The number of carboxylic acid groups (broad SMARTS) is 1. The van der Waals surface area contributed by atoms with Crippen LogP contribution in [-0.4, -0.2) is 29.1 Å². The summed E-state index contributed by atoms with van der Waals surface area (Å²) in [6, 6.07) is 3.54. The lowest BCUT2D eigenvalue weighted by atomic mass is 9.98. The highest BCUT2D eigenvalue weighted by Crippen LogP contribution is 2.27. The number of anilines is 1. The molecule has 0 spiro atoms. The molecule has 1 fully saturated rings. The summed E-state index contributed by atoms with van der Waals surface area (Å²) in [4.78, 5) is 17.1. The molecule has 1 atom stereocenters. The van der Waals surface area contributed by atoms with Crippen LogP contribution in [0.1, 0.15) is 12.8 Å². The SMILES string of the molecule is O=C(O)[C@@H]1CCCN(c2ncccc2Cl)C1. The van der Waals surface area contributed by atoms with Crippen LogP contribution < -0.4 is 4.90 Å². The molecule has 2 rings (SSSR count). The van der Waals surface area contributed by atoms with E-state index >= 15 is 0 Å². The van der Waals surface area contributed by atoms with Crippen LogP contribution in [-0.2, 0) is 4.79 Å². The predicted octanol–water partition coefficient (Wildman–Crippen LogP) is 2.04. The first-order valence-electron chi connectivity index (χ1n) is 5.27. The van der Waals surface area contributed by atoms with Crippen molar-refractivity contribution in [3.8, 4) is 0 Å². The maximum Gasteiger partial charge on any atom is 0.308 e. The summed E-state index contributed by atoms with van der Waals surface area (Å²) in [5.74, 6) is -0.362. The molecular weight excluding hydrogens is 228 g/mol. The van der Waals surface area contributed by atoms with E-state index in [1.807, 2.05) is 4.90 Å². The van der Waals surface area contributed by atoms with Crippen molar-refractivity contribution in [1.29, 1.82) is 0 Å². The van der Waals surface area contributed by atoms with Crippen LogP contribution in [0, 0.1) is 5.92 Å². The second kappa shape index (κ2) is 4.70. The lowest BCUT2D eigenvalue weighted by Gasteiger charge is -2.31. The zero-order valence-corrected chi connectivity index (χ0v) is 9.52. The van der Waals surface area contributed by atoms with Crippen LogP contribution in [0.25, 0.3) is 0 Å². The second-order valence-electron chi connectivity index (χ2n) is 3.93. The van der Waals surface area contributed by atoms with Gasteiger partial charge in [0, 0.05) is 19.3 Å². The molecule has 0 amide bonds. The van der Waals surface area contributed by atoms with Gasteiger partial charge >= 0.3 is 5.97 Å². The molecule has 0 radical (unpaired) electrons. The summed E-state index contributed by atoms with van der Waals surface area (Å²) in [6.45, 7) is 1.31. The van der Waals surface area contributed by atoms with Gasteiger partial charge in [-0.1, -0.05) is 11.6 Å². The van der Waals surface area contributed by atoms with E-state index in [2.05, 4.69) is 4.98 Å². The standard InChI is InChI=1S/C11H13ClN2O2/c12-9-4-1-5-13-10(9)14-6-2-3-8(7-14)11(15)16/h1,4-5,8H,2-3,6-7H2,(H,15,16)/t8-/m1/s1. The van der Waals surface area contributed by atoms with Gasteiger partial charge in [0.25, 0.3) is 0 Å². The number of aromatic nitrogens is 1. The van der Waals surface area contributed by atoms with Gasteiger partial charge in [0.05, 0.1) is 10.9 Å². The Morgan fingerprint density at radius 2 is 2.44 bits per heavy atom. The Balaban J connectivity index is 2.16. The van der Waals surface area contributed by atoms with Crippen molar-refractivity contribution < 1.29 is 9.90 Å². The van der Waals surface area contributed by atoms with Crippen molar-refractivity contribution in [1.82, 2.24) is 4.98 Å². The molecule has 0 aliphatic carbocycles. The fourth-order valence-electron chi connectivity index (χ4n) is 1.98. The van der Waals surface area contributed by atoms with Gasteiger partial charge in [-0.15, -0.1) is 0 Å². The number of carbonyl (C=O) groups is 1. The predicted molar refractivity (Wildman–Crippen MR) is 61.8 cm³/mol. The van der Waals surface area contributed by atoms with Crippen molar-refractivity contribution in [2.24, 2.45) is 5.92 Å². The molecule has 1 aliphatic rings. The largest absolute Gasteiger partial charge is 0.481 e. The quantitative estimate of drug-likeness (QED) is 0.860. The minimum Gasteiger partial charge on any atom is -0.481 e. The number of hydrogen-bond acceptors (Lipinski definition) is 3. The zero-order chi connectivity index (χ0) is 11.5. The first-order chi connectivity index (χ1) is 7.68. The number of aliphatic carboxylic acids is 1. The summed E-state index contributed by atoms with van der Waals surface area (Å²) in [5.41, 5.74) is 0. The molecule has 1 saturated heterocycles. The van der Waals surface area contributed by atoms with E-state index < -0.39 is 5.97 Å². The Morgan fingerprint density at radius 3 is 3.12 bits per heavy atom. The number of nitrogens with zero attached hydrogens (tertiary/aromatic N) is 2. The van der Waals surface area contributed by atoms with Gasteiger partial charge in [0.1, 0.15) is 5.82 Å². The topological polar surface area (TPSA) is 53.4 Å². The molecule has 2 heterocycles. The maximum atomic E-state index is 10.9. The first-order valence-corrected chi connectivity index (χ1v) is 5.64. The van der Waals surface area contributed by atoms with Gasteiger partial charge in [0.15, 0.2) is 0 Å². The Kier molecular flexibility index (Phi) is 3.29. The van der Waals surface area contributed by atoms with Crippen molar-refractivity contribution >= 4 is 23.4 Å². The smallest absolute Gasteiger partial charge is 0.308 e. The molecule has 4 nitrogen and oxygen atoms in total. The fourth-order valence-corrected chi connectivity index (χ4v) is 2.22. The molecule has 16 heavy (non-hydrogen) atoms. The van der Waals surface area contributed by atoms with E-state index in [0.717, 1.165) is 19.4 Å². The summed E-state index contributed by atoms with van der Waals surface area (Å²) >= 11 is 6.03. The number of pyridine rings is 1. The highest BCUT2D eigenvalue weighted by Gasteiger charge is 2.26. The third-order valence-electron chi connectivity index (χ3n) is 2.81. The van der Waals surface area contributed by atoms with E-state index in [1.54, 1.807) is 18.3 Å². The molecule has 1 aromatic rings. The number of piperidine rings is 1. The average Bonchev–Trinajstić information content (AvgIpc) is 2.30. The number of rotatable bonds is 2. The van der Waals surface area contributed by atoms with E-state index in [1.165, 1.54) is 0 Å². The van der Waals surface area contributed by atoms with Crippen LogP contribution in [0.15, 0.2) is 18.3 Å². The summed E-state index contributed by atoms with van der Waals surface area (Å²) in [7, 11) is 0. The molecule has 1 N–H and O–H groups in total. The van der Waals surface area contributed by atoms with Crippen LogP contribution >= 0.6 is 11.6 Å². The van der Waals surface area contributed by atoms with Crippen molar-refractivity contribution in [3.63, 3.8) is 0 Å². The van der Waals surface area contributed by atoms with Crippen LogP contribution in [0.2, 0.25) is 5.02 Å². The molecule has 86 valence electrons. The third kappa shape index (κ3) is 2.27. The number of carboxylic acids is 1. The minimum absolute atomic E-state index is 0.313. The Morgan fingerprint density at radius 1 is 1.62 bits per heavy atom. The Bertz CT molecular complexity index is 397. The van der Waals surface area contributed by atoms with Gasteiger partial charge in [-0.25, -0.2) is 4.98 Å². The first kappa shape index (κ1) is 11.2. The second-order valence-corrected chi connectivity index (χ2v) is 4.34. The van der Waals surface area contributed by atoms with Gasteiger partial charge in [-0.3, -0.25) is 4.79 Å². The van der Waals surface area contributed by atoms with E-state index in [9.17, 15) is 4.79 Å². The Labute approximate surface area is 98.9 Å². The molecule has 5 heteroatoms. The summed E-state index contributed by atoms with van der Waals surface area (Å²) < 4.78 is 0. The lowest BCUT2D eigenvalue weighted by molar-refractivity contribution is -0.141.